The van der Waals surface area contributed by atoms with Crippen LogP contribution in [0.1, 0.15) is 24.8 Å². The Morgan fingerprint density at radius 2 is 2.27 bits per heavy atom. The van der Waals surface area contributed by atoms with Crippen LogP contribution in [0.15, 0.2) is 34.1 Å². The number of aromatic nitrogens is 2. The lowest BCUT2D eigenvalue weighted by Gasteiger charge is -2.18. The van der Waals surface area contributed by atoms with Gasteiger partial charge >= 0.3 is 0 Å². The molecule has 0 unspecified atom stereocenters. The van der Waals surface area contributed by atoms with Gasteiger partial charge in [-0.3, -0.25) is 18.9 Å². The molecule has 4 heterocycles. The smallest absolute Gasteiger partial charge is 0.267 e. The fraction of sp³-hybridized carbons (Fsp3) is 0.400. The van der Waals surface area contributed by atoms with Crippen LogP contribution in [0.3, 0.4) is 0 Å². The first-order chi connectivity index (χ1) is 14.6. The Balaban J connectivity index is 1.69. The zero-order valence-corrected chi connectivity index (χ0v) is 17.9. The van der Waals surface area contributed by atoms with Crippen molar-refractivity contribution in [1.82, 2.24) is 14.3 Å². The number of nitrogens with one attached hydrogen (secondary N) is 1. The van der Waals surface area contributed by atoms with E-state index >= 15 is 0 Å². The first-order valence-corrected chi connectivity index (χ1v) is 11.0. The first kappa shape index (κ1) is 21.0. The molecule has 0 bridgehead atoms. The molecule has 2 aromatic rings. The topological polar surface area (TPSA) is 96.2 Å². The lowest BCUT2D eigenvalue weighted by molar-refractivity contribution is -0.123. The number of hydrogen-bond donors (Lipinski definition) is 2. The second kappa shape index (κ2) is 9.25. The van der Waals surface area contributed by atoms with Crippen molar-refractivity contribution in [3.05, 3.63) is 45.2 Å². The quantitative estimate of drug-likeness (QED) is 0.378. The van der Waals surface area contributed by atoms with E-state index in [1.807, 2.05) is 0 Å². The molecule has 1 atom stereocenters. The number of thioether (sulfide) groups is 1. The van der Waals surface area contributed by atoms with Crippen molar-refractivity contribution in [2.24, 2.45) is 0 Å². The van der Waals surface area contributed by atoms with E-state index in [1.54, 1.807) is 35.4 Å². The molecule has 0 spiro atoms. The van der Waals surface area contributed by atoms with E-state index in [2.05, 4.69) is 10.3 Å². The fourth-order valence-corrected chi connectivity index (χ4v) is 4.69. The highest BCUT2D eigenvalue weighted by molar-refractivity contribution is 8.26. The molecule has 2 saturated heterocycles. The van der Waals surface area contributed by atoms with Crippen LogP contribution in [0.25, 0.3) is 11.7 Å². The normalized spacial score (nSPS) is 20.6. The second-order valence-corrected chi connectivity index (χ2v) is 8.72. The van der Waals surface area contributed by atoms with Gasteiger partial charge in [0.25, 0.3) is 11.5 Å². The summed E-state index contributed by atoms with van der Waals surface area (Å²) in [4.78, 5) is 32.6. The van der Waals surface area contributed by atoms with Crippen molar-refractivity contribution in [3.63, 3.8) is 0 Å². The summed E-state index contributed by atoms with van der Waals surface area (Å²) >= 11 is 6.58. The van der Waals surface area contributed by atoms with Crippen LogP contribution in [0.4, 0.5) is 5.82 Å². The maximum atomic E-state index is 13.1. The number of rotatable bonds is 7. The Hall–Kier alpha value is -2.27. The van der Waals surface area contributed by atoms with Gasteiger partial charge in [0.2, 0.25) is 0 Å². The third-order valence-corrected chi connectivity index (χ3v) is 6.33. The number of carbonyl (C=O) groups excluding carboxylic acids is 1. The molecule has 0 aromatic carbocycles. The van der Waals surface area contributed by atoms with E-state index < -0.39 is 0 Å². The number of aliphatic hydroxyl groups is 1. The van der Waals surface area contributed by atoms with E-state index in [4.69, 9.17) is 22.1 Å². The van der Waals surface area contributed by atoms with Gasteiger partial charge in [-0.25, -0.2) is 4.98 Å². The summed E-state index contributed by atoms with van der Waals surface area (Å²) < 4.78 is 7.53. The van der Waals surface area contributed by atoms with Gasteiger partial charge in [0.05, 0.1) is 23.1 Å². The molecule has 0 aliphatic carbocycles. The SMILES string of the molecule is O=C1/C(=C\c2c(NCCCO)nc3ccccn3c2=O)SC(=S)N1C[C@H]1CCCO1. The second-order valence-electron chi connectivity index (χ2n) is 7.04. The van der Waals surface area contributed by atoms with Crippen LogP contribution in [0.2, 0.25) is 0 Å². The molecular formula is C20H22N4O4S2. The molecule has 4 rings (SSSR count). The molecule has 2 aliphatic rings. The van der Waals surface area contributed by atoms with Crippen LogP contribution < -0.4 is 10.9 Å². The molecule has 8 nitrogen and oxygen atoms in total. The largest absolute Gasteiger partial charge is 0.396 e. The van der Waals surface area contributed by atoms with Crippen LogP contribution in [-0.4, -0.2) is 62.0 Å². The van der Waals surface area contributed by atoms with Gasteiger partial charge in [-0.1, -0.05) is 30.0 Å². The van der Waals surface area contributed by atoms with E-state index in [0.29, 0.717) is 46.8 Å². The lowest BCUT2D eigenvalue weighted by atomic mass is 10.2. The molecule has 2 aliphatic heterocycles. The molecule has 2 fully saturated rings. The van der Waals surface area contributed by atoms with Gasteiger partial charge in [-0.2, -0.15) is 0 Å². The minimum absolute atomic E-state index is 0.00415. The molecule has 30 heavy (non-hydrogen) atoms. The number of hydrogen-bond acceptors (Lipinski definition) is 8. The molecule has 2 N–H and O–H groups in total. The van der Waals surface area contributed by atoms with Crippen LogP contribution >= 0.6 is 24.0 Å². The van der Waals surface area contributed by atoms with Gasteiger partial charge in [0, 0.05) is 26.0 Å². The first-order valence-electron chi connectivity index (χ1n) is 9.81. The molecule has 2 aromatic heterocycles. The summed E-state index contributed by atoms with van der Waals surface area (Å²) in [6.45, 7) is 1.61. The van der Waals surface area contributed by atoms with Crippen LogP contribution in [-0.2, 0) is 9.53 Å². The summed E-state index contributed by atoms with van der Waals surface area (Å²) in [5.74, 6) is 0.156. The van der Waals surface area contributed by atoms with Crippen molar-refractivity contribution in [1.29, 1.82) is 0 Å². The predicted molar refractivity (Wildman–Crippen MR) is 121 cm³/mol. The highest BCUT2D eigenvalue weighted by Gasteiger charge is 2.35. The van der Waals surface area contributed by atoms with Gasteiger partial charge in [0.1, 0.15) is 15.8 Å². The van der Waals surface area contributed by atoms with E-state index in [0.717, 1.165) is 12.8 Å². The molecule has 158 valence electrons. The predicted octanol–water partition coefficient (Wildman–Crippen LogP) is 1.87. The highest BCUT2D eigenvalue weighted by atomic mass is 32.2. The Morgan fingerprint density at radius 3 is 3.03 bits per heavy atom. The third-order valence-electron chi connectivity index (χ3n) is 4.96. The summed E-state index contributed by atoms with van der Waals surface area (Å²) in [5.41, 5.74) is 0.503. The van der Waals surface area contributed by atoms with Crippen molar-refractivity contribution >= 4 is 51.7 Å². The maximum absolute atomic E-state index is 13.1. The molecule has 10 heteroatoms. The van der Waals surface area contributed by atoms with E-state index in [1.165, 1.54) is 16.2 Å². The van der Waals surface area contributed by atoms with E-state index in [-0.39, 0.29) is 29.7 Å². The average Bonchev–Trinajstić information content (AvgIpc) is 3.35. The fourth-order valence-electron chi connectivity index (χ4n) is 3.43. The third kappa shape index (κ3) is 4.27. The van der Waals surface area contributed by atoms with Gasteiger partial charge < -0.3 is 15.2 Å². The maximum Gasteiger partial charge on any atom is 0.267 e. The van der Waals surface area contributed by atoms with Gasteiger partial charge in [-0.05, 0) is 37.5 Å². The van der Waals surface area contributed by atoms with Crippen molar-refractivity contribution in [3.8, 4) is 0 Å². The van der Waals surface area contributed by atoms with Gasteiger partial charge in [0.15, 0.2) is 0 Å². The zero-order valence-electron chi connectivity index (χ0n) is 16.2. The number of carbonyl (C=O) groups is 1. The minimum Gasteiger partial charge on any atom is -0.396 e. The van der Waals surface area contributed by atoms with Crippen molar-refractivity contribution < 1.29 is 14.6 Å². The van der Waals surface area contributed by atoms with E-state index in [9.17, 15) is 9.59 Å². The Bertz CT molecular complexity index is 1060. The number of aliphatic hydroxyl groups excluding tert-OH is 1. The summed E-state index contributed by atoms with van der Waals surface area (Å²) in [6, 6.07) is 5.29. The molecule has 0 saturated carbocycles. The van der Waals surface area contributed by atoms with Crippen LogP contribution in [0.5, 0.6) is 0 Å². The highest BCUT2D eigenvalue weighted by Crippen LogP contribution is 2.34. The Morgan fingerprint density at radius 1 is 1.40 bits per heavy atom. The zero-order chi connectivity index (χ0) is 21.1. The molecular weight excluding hydrogens is 424 g/mol. The van der Waals surface area contributed by atoms with Crippen molar-refractivity contribution in [2.45, 2.75) is 25.4 Å². The molecule has 1 amide bonds. The van der Waals surface area contributed by atoms with Crippen LogP contribution in [0, 0.1) is 0 Å². The Kier molecular flexibility index (Phi) is 6.47. The summed E-state index contributed by atoms with van der Waals surface area (Å²) in [7, 11) is 0. The lowest BCUT2D eigenvalue weighted by Crippen LogP contribution is -2.35. The number of amides is 1. The minimum atomic E-state index is -0.281. The number of pyridine rings is 1. The number of thiocarbonyl (C=S) groups is 1. The Labute approximate surface area is 182 Å². The number of ether oxygens (including phenoxy) is 1. The summed E-state index contributed by atoms with van der Waals surface area (Å²) in [5, 5.41) is 12.2. The van der Waals surface area contributed by atoms with Gasteiger partial charge in [-0.15, -0.1) is 0 Å². The number of nitrogens with zero attached hydrogens (tertiary/aromatic N) is 3. The summed E-state index contributed by atoms with van der Waals surface area (Å²) in [6.07, 6.45) is 5.60. The number of anilines is 1. The van der Waals surface area contributed by atoms with Crippen molar-refractivity contribution in [2.75, 3.05) is 31.6 Å². The number of fused-ring (bicyclic) bond motifs is 1. The standard InChI is InChI=1S/C20H22N4O4S2/c25-9-4-7-21-17-14(18(26)23-8-2-1-6-16(23)22-17)11-15-19(27)24(20(29)30-15)12-13-5-3-10-28-13/h1-2,6,8,11,13,21,25H,3-5,7,9-10,12H2/b15-11+/t13-/m1/s1. The molecule has 0 radical (unpaired) electrons. The average molecular weight is 447 g/mol. The monoisotopic (exact) mass is 446 g/mol.